The monoisotopic (exact) mass is 291 g/mol. The standard InChI is InChI=1S/C17H25NO3/c1-5-6-11-14(16(20)21)18-15(19)12-9-7-8-10-13(12)17(2,3)4/h7-10,14H,5-6,11H2,1-4H3,(H,18,19)(H,20,21). The summed E-state index contributed by atoms with van der Waals surface area (Å²) < 4.78 is 0. The van der Waals surface area contributed by atoms with Crippen LogP contribution in [0, 0.1) is 0 Å². The Balaban J connectivity index is 2.96. The van der Waals surface area contributed by atoms with Crippen LogP contribution < -0.4 is 5.32 Å². The van der Waals surface area contributed by atoms with E-state index in [4.69, 9.17) is 0 Å². The number of carbonyl (C=O) groups excluding carboxylic acids is 1. The number of benzene rings is 1. The molecule has 1 amide bonds. The summed E-state index contributed by atoms with van der Waals surface area (Å²) >= 11 is 0. The largest absolute Gasteiger partial charge is 0.480 e. The molecule has 116 valence electrons. The lowest BCUT2D eigenvalue weighted by Gasteiger charge is -2.23. The zero-order chi connectivity index (χ0) is 16.0. The van der Waals surface area contributed by atoms with E-state index >= 15 is 0 Å². The molecule has 0 saturated carbocycles. The summed E-state index contributed by atoms with van der Waals surface area (Å²) in [6.45, 7) is 8.09. The van der Waals surface area contributed by atoms with E-state index in [2.05, 4.69) is 5.32 Å². The second-order valence-electron chi connectivity index (χ2n) is 6.30. The fourth-order valence-corrected chi connectivity index (χ4v) is 2.24. The molecular weight excluding hydrogens is 266 g/mol. The Morgan fingerprint density at radius 3 is 2.38 bits per heavy atom. The van der Waals surface area contributed by atoms with Gasteiger partial charge in [0.1, 0.15) is 6.04 Å². The topological polar surface area (TPSA) is 66.4 Å². The van der Waals surface area contributed by atoms with Gasteiger partial charge < -0.3 is 10.4 Å². The van der Waals surface area contributed by atoms with Crippen LogP contribution in [0.3, 0.4) is 0 Å². The SMILES string of the molecule is CCCCC(NC(=O)c1ccccc1C(C)(C)C)C(=O)O. The van der Waals surface area contributed by atoms with Crippen LogP contribution in [0.25, 0.3) is 0 Å². The van der Waals surface area contributed by atoms with Crippen molar-refractivity contribution in [2.24, 2.45) is 0 Å². The summed E-state index contributed by atoms with van der Waals surface area (Å²) in [6, 6.07) is 6.52. The van der Waals surface area contributed by atoms with Crippen LogP contribution in [0.5, 0.6) is 0 Å². The Hall–Kier alpha value is -1.84. The van der Waals surface area contributed by atoms with E-state index in [1.54, 1.807) is 12.1 Å². The zero-order valence-electron chi connectivity index (χ0n) is 13.3. The van der Waals surface area contributed by atoms with Gasteiger partial charge in [-0.05, 0) is 23.5 Å². The predicted octanol–water partition coefficient (Wildman–Crippen LogP) is 3.36. The number of aliphatic carboxylic acids is 1. The van der Waals surface area contributed by atoms with Gasteiger partial charge in [-0.3, -0.25) is 4.79 Å². The van der Waals surface area contributed by atoms with Gasteiger partial charge in [0.25, 0.3) is 5.91 Å². The van der Waals surface area contributed by atoms with E-state index < -0.39 is 12.0 Å². The Kier molecular flexibility index (Phi) is 5.94. The first-order chi connectivity index (χ1) is 9.77. The van der Waals surface area contributed by atoms with Gasteiger partial charge in [-0.1, -0.05) is 58.7 Å². The third-order valence-electron chi connectivity index (χ3n) is 3.43. The summed E-state index contributed by atoms with van der Waals surface area (Å²) in [5, 5.41) is 11.9. The minimum atomic E-state index is -0.981. The number of amides is 1. The fraction of sp³-hybridized carbons (Fsp3) is 0.529. The first kappa shape index (κ1) is 17.2. The van der Waals surface area contributed by atoms with Gasteiger partial charge in [0.05, 0.1) is 0 Å². The van der Waals surface area contributed by atoms with Crippen molar-refractivity contribution >= 4 is 11.9 Å². The van der Waals surface area contributed by atoms with E-state index in [1.165, 1.54) is 0 Å². The maximum Gasteiger partial charge on any atom is 0.326 e. The highest BCUT2D eigenvalue weighted by Crippen LogP contribution is 2.25. The summed E-state index contributed by atoms with van der Waals surface area (Å²) in [6.07, 6.45) is 2.13. The second kappa shape index (κ2) is 7.25. The molecule has 4 heteroatoms. The molecule has 1 unspecified atom stereocenters. The molecule has 1 atom stereocenters. The number of unbranched alkanes of at least 4 members (excludes halogenated alkanes) is 1. The van der Waals surface area contributed by atoms with Crippen molar-refractivity contribution in [1.29, 1.82) is 0 Å². The highest BCUT2D eigenvalue weighted by atomic mass is 16.4. The highest BCUT2D eigenvalue weighted by Gasteiger charge is 2.24. The van der Waals surface area contributed by atoms with Crippen molar-refractivity contribution in [1.82, 2.24) is 5.32 Å². The number of carboxylic acid groups (broad SMARTS) is 1. The Labute approximate surface area is 126 Å². The van der Waals surface area contributed by atoms with Crippen LogP contribution in [0.4, 0.5) is 0 Å². The van der Waals surface area contributed by atoms with Crippen LogP contribution in [0.15, 0.2) is 24.3 Å². The average molecular weight is 291 g/mol. The van der Waals surface area contributed by atoms with E-state index in [1.807, 2.05) is 39.8 Å². The molecule has 0 aliphatic heterocycles. The lowest BCUT2D eigenvalue weighted by molar-refractivity contribution is -0.139. The molecule has 0 radical (unpaired) electrons. The smallest absolute Gasteiger partial charge is 0.326 e. The number of carbonyl (C=O) groups is 2. The molecule has 0 heterocycles. The van der Waals surface area contributed by atoms with Gasteiger partial charge in [0, 0.05) is 5.56 Å². The molecule has 1 aromatic rings. The lowest BCUT2D eigenvalue weighted by atomic mass is 9.83. The van der Waals surface area contributed by atoms with Crippen LogP contribution in [-0.2, 0) is 10.2 Å². The normalized spacial score (nSPS) is 12.8. The van der Waals surface area contributed by atoms with Gasteiger partial charge in [-0.25, -0.2) is 4.79 Å². The van der Waals surface area contributed by atoms with Gasteiger partial charge in [0.15, 0.2) is 0 Å². The molecule has 0 aliphatic rings. The minimum absolute atomic E-state index is 0.171. The summed E-state index contributed by atoms with van der Waals surface area (Å²) in [5.74, 6) is -1.30. The molecule has 0 aromatic heterocycles. The van der Waals surface area contributed by atoms with Gasteiger partial charge >= 0.3 is 5.97 Å². The van der Waals surface area contributed by atoms with Gasteiger partial charge in [0.2, 0.25) is 0 Å². The molecule has 21 heavy (non-hydrogen) atoms. The predicted molar refractivity (Wildman–Crippen MR) is 83.6 cm³/mol. The number of rotatable bonds is 6. The van der Waals surface area contributed by atoms with E-state index in [0.29, 0.717) is 12.0 Å². The molecule has 1 rings (SSSR count). The van der Waals surface area contributed by atoms with Gasteiger partial charge in [-0.15, -0.1) is 0 Å². The van der Waals surface area contributed by atoms with Crippen molar-refractivity contribution in [2.45, 2.75) is 58.4 Å². The quantitative estimate of drug-likeness (QED) is 0.844. The number of nitrogens with one attached hydrogen (secondary N) is 1. The first-order valence-electron chi connectivity index (χ1n) is 7.40. The summed E-state index contributed by atoms with van der Waals surface area (Å²) in [7, 11) is 0. The molecule has 0 fully saturated rings. The van der Waals surface area contributed by atoms with Crippen molar-refractivity contribution in [2.75, 3.05) is 0 Å². The molecular formula is C17H25NO3. The van der Waals surface area contributed by atoms with Crippen LogP contribution >= 0.6 is 0 Å². The third-order valence-corrected chi connectivity index (χ3v) is 3.43. The van der Waals surface area contributed by atoms with E-state index in [-0.39, 0.29) is 11.3 Å². The Bertz CT molecular complexity index is 503. The third kappa shape index (κ3) is 4.88. The van der Waals surface area contributed by atoms with Crippen LogP contribution in [0.2, 0.25) is 0 Å². The summed E-state index contributed by atoms with van der Waals surface area (Å²) in [5.41, 5.74) is 1.30. The Morgan fingerprint density at radius 1 is 1.24 bits per heavy atom. The molecule has 0 aliphatic carbocycles. The molecule has 2 N–H and O–H groups in total. The number of carboxylic acids is 1. The molecule has 1 aromatic carbocycles. The molecule has 0 saturated heterocycles. The molecule has 4 nitrogen and oxygen atoms in total. The maximum atomic E-state index is 12.4. The maximum absolute atomic E-state index is 12.4. The van der Waals surface area contributed by atoms with E-state index in [0.717, 1.165) is 18.4 Å². The highest BCUT2D eigenvalue weighted by molar-refractivity contribution is 5.98. The Morgan fingerprint density at radius 2 is 1.86 bits per heavy atom. The summed E-state index contributed by atoms with van der Waals surface area (Å²) in [4.78, 5) is 23.7. The number of hydrogen-bond donors (Lipinski definition) is 2. The van der Waals surface area contributed by atoms with Crippen LogP contribution in [0.1, 0.15) is 62.9 Å². The van der Waals surface area contributed by atoms with E-state index in [9.17, 15) is 14.7 Å². The van der Waals surface area contributed by atoms with Gasteiger partial charge in [-0.2, -0.15) is 0 Å². The minimum Gasteiger partial charge on any atom is -0.480 e. The van der Waals surface area contributed by atoms with Crippen molar-refractivity contribution in [3.63, 3.8) is 0 Å². The van der Waals surface area contributed by atoms with Crippen molar-refractivity contribution in [3.8, 4) is 0 Å². The van der Waals surface area contributed by atoms with Crippen molar-refractivity contribution < 1.29 is 14.7 Å². The molecule has 0 spiro atoms. The fourth-order valence-electron chi connectivity index (χ4n) is 2.24. The molecule has 0 bridgehead atoms. The number of hydrogen-bond acceptors (Lipinski definition) is 2. The van der Waals surface area contributed by atoms with Crippen molar-refractivity contribution in [3.05, 3.63) is 35.4 Å². The second-order valence-corrected chi connectivity index (χ2v) is 6.30. The zero-order valence-corrected chi connectivity index (χ0v) is 13.3. The van der Waals surface area contributed by atoms with Crippen LogP contribution in [-0.4, -0.2) is 23.0 Å². The lowest BCUT2D eigenvalue weighted by Crippen LogP contribution is -2.41. The first-order valence-corrected chi connectivity index (χ1v) is 7.40. The average Bonchev–Trinajstić information content (AvgIpc) is 2.42.